The summed E-state index contributed by atoms with van der Waals surface area (Å²) >= 11 is 6.18. The maximum Gasteiger partial charge on any atom is 0.231 e. The van der Waals surface area contributed by atoms with Gasteiger partial charge in [-0.25, -0.2) is 0 Å². The Morgan fingerprint density at radius 1 is 1.56 bits per heavy atom. The average molecular weight is 267 g/mol. The number of amides is 1. The Balaban J connectivity index is 2.19. The zero-order valence-corrected chi connectivity index (χ0v) is 11.6. The summed E-state index contributed by atoms with van der Waals surface area (Å²) < 4.78 is 0. The second-order valence-corrected chi connectivity index (χ2v) is 5.68. The highest BCUT2D eigenvalue weighted by atomic mass is 35.5. The summed E-state index contributed by atoms with van der Waals surface area (Å²) in [5.74, 6) is -0.0278. The molecule has 1 aromatic carbocycles. The van der Waals surface area contributed by atoms with Crippen molar-refractivity contribution in [2.45, 2.75) is 39.2 Å². The molecular formula is C14H19ClN2O. The predicted octanol–water partition coefficient (Wildman–Crippen LogP) is 3.10. The molecule has 2 rings (SSSR count). The van der Waals surface area contributed by atoms with Gasteiger partial charge in [0.05, 0.1) is 16.1 Å². The number of hydrogen-bond donors (Lipinski definition) is 2. The molecule has 2 atom stereocenters. The summed E-state index contributed by atoms with van der Waals surface area (Å²) in [6, 6.07) is 5.55. The van der Waals surface area contributed by atoms with Crippen molar-refractivity contribution < 1.29 is 4.79 Å². The van der Waals surface area contributed by atoms with Crippen LogP contribution in [0.4, 0.5) is 5.69 Å². The van der Waals surface area contributed by atoms with Crippen molar-refractivity contribution >= 4 is 23.2 Å². The van der Waals surface area contributed by atoms with Gasteiger partial charge in [-0.1, -0.05) is 30.2 Å². The van der Waals surface area contributed by atoms with Crippen LogP contribution >= 0.6 is 11.6 Å². The van der Waals surface area contributed by atoms with Crippen molar-refractivity contribution in [1.29, 1.82) is 0 Å². The highest BCUT2D eigenvalue weighted by molar-refractivity contribution is 6.34. The number of carbonyl (C=O) groups excluding carboxylic acids is 1. The topological polar surface area (TPSA) is 55.1 Å². The smallest absolute Gasteiger partial charge is 0.231 e. The average Bonchev–Trinajstić information content (AvgIpc) is 2.67. The van der Waals surface area contributed by atoms with Crippen LogP contribution in [0.5, 0.6) is 0 Å². The van der Waals surface area contributed by atoms with Gasteiger partial charge in [0.1, 0.15) is 0 Å². The first kappa shape index (κ1) is 13.4. The molecule has 1 aromatic rings. The van der Waals surface area contributed by atoms with Gasteiger partial charge in [-0.15, -0.1) is 0 Å². The third-order valence-electron chi connectivity index (χ3n) is 3.99. The van der Waals surface area contributed by atoms with Gasteiger partial charge in [0.25, 0.3) is 0 Å². The number of hydrogen-bond acceptors (Lipinski definition) is 2. The van der Waals surface area contributed by atoms with Crippen LogP contribution in [0.25, 0.3) is 0 Å². The third kappa shape index (κ3) is 2.25. The molecular weight excluding hydrogens is 248 g/mol. The summed E-state index contributed by atoms with van der Waals surface area (Å²) in [6.07, 6.45) is 2.75. The second-order valence-electron chi connectivity index (χ2n) is 5.31. The van der Waals surface area contributed by atoms with E-state index in [-0.39, 0.29) is 11.9 Å². The lowest BCUT2D eigenvalue weighted by Crippen LogP contribution is -2.44. The molecule has 18 heavy (non-hydrogen) atoms. The lowest BCUT2D eigenvalue weighted by Gasteiger charge is -2.27. The summed E-state index contributed by atoms with van der Waals surface area (Å²) in [7, 11) is 0. The first-order valence-electron chi connectivity index (χ1n) is 6.27. The Kier molecular flexibility index (Phi) is 3.64. The zero-order chi connectivity index (χ0) is 13.3. The number of rotatable bonds is 2. The van der Waals surface area contributed by atoms with Crippen LogP contribution in [0, 0.1) is 12.3 Å². The van der Waals surface area contributed by atoms with Crippen LogP contribution in [0.2, 0.25) is 5.02 Å². The number of benzene rings is 1. The van der Waals surface area contributed by atoms with Gasteiger partial charge in [0.15, 0.2) is 0 Å². The fourth-order valence-corrected chi connectivity index (χ4v) is 2.66. The highest BCUT2D eigenvalue weighted by Crippen LogP contribution is 2.38. The SMILES string of the molecule is Cc1cccc(NC(=O)C2(C)CCCC2N)c1Cl. The zero-order valence-electron chi connectivity index (χ0n) is 10.8. The molecule has 0 bridgehead atoms. The van der Waals surface area contributed by atoms with E-state index in [0.717, 1.165) is 24.8 Å². The Hall–Kier alpha value is -1.06. The minimum Gasteiger partial charge on any atom is -0.327 e. The quantitative estimate of drug-likeness (QED) is 0.864. The fraction of sp³-hybridized carbons (Fsp3) is 0.500. The largest absolute Gasteiger partial charge is 0.327 e. The monoisotopic (exact) mass is 266 g/mol. The highest BCUT2D eigenvalue weighted by Gasteiger charge is 2.43. The van der Waals surface area contributed by atoms with E-state index >= 15 is 0 Å². The summed E-state index contributed by atoms with van der Waals surface area (Å²) in [5, 5.41) is 3.51. The van der Waals surface area contributed by atoms with E-state index in [1.807, 2.05) is 32.0 Å². The lowest BCUT2D eigenvalue weighted by molar-refractivity contribution is -0.125. The number of nitrogens with one attached hydrogen (secondary N) is 1. The molecule has 4 heteroatoms. The molecule has 1 aliphatic carbocycles. The van der Waals surface area contributed by atoms with Gasteiger partial charge in [-0.3, -0.25) is 4.79 Å². The minimum absolute atomic E-state index is 0.0278. The minimum atomic E-state index is -0.479. The van der Waals surface area contributed by atoms with Crippen LogP contribution in [-0.2, 0) is 4.79 Å². The molecule has 0 saturated heterocycles. The molecule has 1 saturated carbocycles. The molecule has 2 unspecified atom stereocenters. The maximum absolute atomic E-state index is 12.4. The second kappa shape index (κ2) is 4.90. The number of aryl methyl sites for hydroxylation is 1. The number of halogens is 1. The normalized spacial score (nSPS) is 27.2. The molecule has 1 amide bonds. The molecule has 0 heterocycles. The van der Waals surface area contributed by atoms with Crippen molar-refractivity contribution in [1.82, 2.24) is 0 Å². The molecule has 98 valence electrons. The van der Waals surface area contributed by atoms with E-state index in [9.17, 15) is 4.79 Å². The Labute approximate surface area is 113 Å². The third-order valence-corrected chi connectivity index (χ3v) is 4.49. The van der Waals surface area contributed by atoms with Gasteiger partial charge in [0.2, 0.25) is 5.91 Å². The van der Waals surface area contributed by atoms with Crippen LogP contribution in [-0.4, -0.2) is 11.9 Å². The fourth-order valence-electron chi connectivity index (χ4n) is 2.48. The van der Waals surface area contributed by atoms with Crippen LogP contribution in [0.15, 0.2) is 18.2 Å². The molecule has 0 aliphatic heterocycles. The van der Waals surface area contributed by atoms with Gasteiger partial charge >= 0.3 is 0 Å². The Morgan fingerprint density at radius 2 is 2.28 bits per heavy atom. The first-order valence-corrected chi connectivity index (χ1v) is 6.65. The van der Waals surface area contributed by atoms with E-state index in [1.165, 1.54) is 0 Å². The summed E-state index contributed by atoms with van der Waals surface area (Å²) in [6.45, 7) is 3.85. The number of anilines is 1. The van der Waals surface area contributed by atoms with Gasteiger partial charge < -0.3 is 11.1 Å². The van der Waals surface area contributed by atoms with E-state index in [4.69, 9.17) is 17.3 Å². The van der Waals surface area contributed by atoms with Gasteiger partial charge in [-0.05, 0) is 38.3 Å². The molecule has 3 N–H and O–H groups in total. The van der Waals surface area contributed by atoms with Gasteiger partial charge in [-0.2, -0.15) is 0 Å². The van der Waals surface area contributed by atoms with Crippen LogP contribution in [0.1, 0.15) is 31.7 Å². The molecule has 0 spiro atoms. The maximum atomic E-state index is 12.4. The van der Waals surface area contributed by atoms with Crippen molar-refractivity contribution in [3.8, 4) is 0 Å². The van der Waals surface area contributed by atoms with Crippen molar-refractivity contribution in [2.75, 3.05) is 5.32 Å². The van der Waals surface area contributed by atoms with Crippen molar-refractivity contribution in [3.05, 3.63) is 28.8 Å². The van der Waals surface area contributed by atoms with E-state index in [2.05, 4.69) is 5.32 Å². The summed E-state index contributed by atoms with van der Waals surface area (Å²) in [4.78, 5) is 12.4. The first-order chi connectivity index (χ1) is 8.45. The summed E-state index contributed by atoms with van der Waals surface area (Å²) in [5.41, 5.74) is 7.19. The van der Waals surface area contributed by atoms with Crippen LogP contribution in [0.3, 0.4) is 0 Å². The van der Waals surface area contributed by atoms with Crippen LogP contribution < -0.4 is 11.1 Å². The predicted molar refractivity (Wildman–Crippen MR) is 74.8 cm³/mol. The molecule has 0 aromatic heterocycles. The lowest BCUT2D eigenvalue weighted by atomic mass is 9.84. The van der Waals surface area contributed by atoms with Gasteiger partial charge in [0, 0.05) is 6.04 Å². The molecule has 1 fully saturated rings. The molecule has 0 radical (unpaired) electrons. The van der Waals surface area contributed by atoms with E-state index < -0.39 is 5.41 Å². The van der Waals surface area contributed by atoms with Crippen molar-refractivity contribution in [2.24, 2.45) is 11.1 Å². The number of nitrogens with two attached hydrogens (primary N) is 1. The standard InChI is InChI=1S/C14H19ClN2O/c1-9-5-3-6-10(12(9)15)17-13(18)14(2)8-4-7-11(14)16/h3,5-6,11H,4,7-8,16H2,1-2H3,(H,17,18). The Bertz CT molecular complexity index is 475. The van der Waals surface area contributed by atoms with E-state index in [0.29, 0.717) is 10.7 Å². The Morgan fingerprint density at radius 3 is 2.89 bits per heavy atom. The molecule has 3 nitrogen and oxygen atoms in total. The van der Waals surface area contributed by atoms with E-state index in [1.54, 1.807) is 0 Å². The van der Waals surface area contributed by atoms with Crippen molar-refractivity contribution in [3.63, 3.8) is 0 Å². The number of carbonyl (C=O) groups is 1. The molecule has 1 aliphatic rings.